The molecule has 0 saturated carbocycles. The second kappa shape index (κ2) is 5.56. The molecule has 3 rings (SSSR count). The summed E-state index contributed by atoms with van der Waals surface area (Å²) in [7, 11) is 1.60. The van der Waals surface area contributed by atoms with Gasteiger partial charge in [0.25, 0.3) is 0 Å². The summed E-state index contributed by atoms with van der Waals surface area (Å²) in [6.45, 7) is 3.77. The van der Waals surface area contributed by atoms with Gasteiger partial charge in [-0.25, -0.2) is 4.79 Å². The van der Waals surface area contributed by atoms with Crippen LogP contribution in [0.4, 0.5) is 0 Å². The third-order valence-electron chi connectivity index (χ3n) is 3.53. The SMILES string of the molecule is COc1ccc2oc(C(=O)Oc3cccc(C)c3)c(C)c2c1. The molecule has 0 aliphatic rings. The van der Waals surface area contributed by atoms with Crippen molar-refractivity contribution in [3.8, 4) is 11.5 Å². The molecule has 0 saturated heterocycles. The Bertz CT molecular complexity index is 845. The predicted molar refractivity (Wildman–Crippen MR) is 83.6 cm³/mol. The van der Waals surface area contributed by atoms with Crippen LogP contribution in [0, 0.1) is 13.8 Å². The highest BCUT2D eigenvalue weighted by atomic mass is 16.5. The normalized spacial score (nSPS) is 10.7. The molecule has 2 aromatic carbocycles. The zero-order valence-electron chi connectivity index (χ0n) is 12.7. The molecule has 0 spiro atoms. The van der Waals surface area contributed by atoms with Crippen LogP contribution >= 0.6 is 0 Å². The van der Waals surface area contributed by atoms with E-state index in [0.717, 1.165) is 22.3 Å². The molecule has 1 aromatic heterocycles. The number of benzene rings is 2. The van der Waals surface area contributed by atoms with Gasteiger partial charge >= 0.3 is 5.97 Å². The molecule has 4 heteroatoms. The Balaban J connectivity index is 1.95. The van der Waals surface area contributed by atoms with Gasteiger partial charge in [-0.3, -0.25) is 0 Å². The number of hydrogen-bond acceptors (Lipinski definition) is 4. The predicted octanol–water partition coefficient (Wildman–Crippen LogP) is 4.28. The van der Waals surface area contributed by atoms with E-state index in [2.05, 4.69) is 0 Å². The molecule has 0 amide bonds. The number of carbonyl (C=O) groups is 1. The highest BCUT2D eigenvalue weighted by molar-refractivity contribution is 5.97. The average Bonchev–Trinajstić information content (AvgIpc) is 2.84. The minimum atomic E-state index is -0.502. The monoisotopic (exact) mass is 296 g/mol. The molecular weight excluding hydrogens is 280 g/mol. The van der Waals surface area contributed by atoms with E-state index in [1.54, 1.807) is 31.4 Å². The highest BCUT2D eigenvalue weighted by Crippen LogP contribution is 2.29. The lowest BCUT2D eigenvalue weighted by Gasteiger charge is -2.03. The van der Waals surface area contributed by atoms with Gasteiger partial charge in [0.05, 0.1) is 7.11 Å². The minimum Gasteiger partial charge on any atom is -0.497 e. The minimum absolute atomic E-state index is 0.213. The molecule has 0 fully saturated rings. The first-order valence-corrected chi connectivity index (χ1v) is 6.94. The van der Waals surface area contributed by atoms with Crippen LogP contribution < -0.4 is 9.47 Å². The van der Waals surface area contributed by atoms with E-state index in [-0.39, 0.29) is 5.76 Å². The van der Waals surface area contributed by atoms with E-state index in [0.29, 0.717) is 11.3 Å². The maximum absolute atomic E-state index is 12.3. The van der Waals surface area contributed by atoms with E-state index in [4.69, 9.17) is 13.9 Å². The Labute approximate surface area is 128 Å². The quantitative estimate of drug-likeness (QED) is 0.534. The fraction of sp³-hybridized carbons (Fsp3) is 0.167. The van der Waals surface area contributed by atoms with Crippen LogP contribution in [-0.2, 0) is 0 Å². The number of methoxy groups -OCH3 is 1. The summed E-state index contributed by atoms with van der Waals surface area (Å²) in [4.78, 5) is 12.3. The second-order valence-corrected chi connectivity index (χ2v) is 5.12. The fourth-order valence-electron chi connectivity index (χ4n) is 2.35. The molecule has 0 aliphatic heterocycles. The summed E-state index contributed by atoms with van der Waals surface area (Å²) in [6.07, 6.45) is 0. The van der Waals surface area contributed by atoms with Crippen LogP contribution in [0.3, 0.4) is 0 Å². The molecule has 0 unspecified atom stereocenters. The van der Waals surface area contributed by atoms with Gasteiger partial charge in [0.2, 0.25) is 5.76 Å². The van der Waals surface area contributed by atoms with E-state index in [1.165, 1.54) is 0 Å². The van der Waals surface area contributed by atoms with Gasteiger partial charge in [-0.05, 0) is 49.7 Å². The van der Waals surface area contributed by atoms with E-state index < -0.39 is 5.97 Å². The second-order valence-electron chi connectivity index (χ2n) is 5.12. The van der Waals surface area contributed by atoms with Crippen LogP contribution in [0.5, 0.6) is 11.5 Å². The van der Waals surface area contributed by atoms with Gasteiger partial charge in [0, 0.05) is 10.9 Å². The molecule has 3 aromatic rings. The molecule has 0 bridgehead atoms. The van der Waals surface area contributed by atoms with Gasteiger partial charge in [0.15, 0.2) is 0 Å². The number of fused-ring (bicyclic) bond motifs is 1. The van der Waals surface area contributed by atoms with Crippen LogP contribution in [0.2, 0.25) is 0 Å². The van der Waals surface area contributed by atoms with E-state index >= 15 is 0 Å². The first kappa shape index (κ1) is 14.2. The lowest BCUT2D eigenvalue weighted by atomic mass is 10.1. The topological polar surface area (TPSA) is 48.7 Å². The van der Waals surface area contributed by atoms with Crippen LogP contribution in [0.25, 0.3) is 11.0 Å². The number of furan rings is 1. The standard InChI is InChI=1S/C18H16O4/c1-11-5-4-6-14(9-11)21-18(19)17-12(2)15-10-13(20-3)7-8-16(15)22-17/h4-10H,1-3H3. The van der Waals surface area contributed by atoms with Crippen molar-refractivity contribution in [3.63, 3.8) is 0 Å². The molecule has 112 valence electrons. The van der Waals surface area contributed by atoms with Gasteiger partial charge in [0.1, 0.15) is 17.1 Å². The van der Waals surface area contributed by atoms with E-state index in [1.807, 2.05) is 32.0 Å². The van der Waals surface area contributed by atoms with Gasteiger partial charge in [-0.15, -0.1) is 0 Å². The summed E-state index contributed by atoms with van der Waals surface area (Å²) >= 11 is 0. The van der Waals surface area contributed by atoms with Gasteiger partial charge in [-0.1, -0.05) is 12.1 Å². The Kier molecular flexibility index (Phi) is 3.59. The Hall–Kier alpha value is -2.75. The number of rotatable bonds is 3. The largest absolute Gasteiger partial charge is 0.497 e. The summed E-state index contributed by atoms with van der Waals surface area (Å²) < 4.78 is 16.2. The molecule has 0 radical (unpaired) electrons. The fourth-order valence-corrected chi connectivity index (χ4v) is 2.35. The highest BCUT2D eigenvalue weighted by Gasteiger charge is 2.20. The summed E-state index contributed by atoms with van der Waals surface area (Å²) in [5, 5.41) is 0.843. The van der Waals surface area contributed by atoms with Crippen LogP contribution in [0.15, 0.2) is 46.9 Å². The first-order chi connectivity index (χ1) is 10.6. The third kappa shape index (κ3) is 2.55. The van der Waals surface area contributed by atoms with Crippen molar-refractivity contribution in [2.45, 2.75) is 13.8 Å². The Morgan fingerprint density at radius 3 is 2.59 bits per heavy atom. The number of ether oxygens (including phenoxy) is 2. The van der Waals surface area contributed by atoms with Crippen molar-refractivity contribution in [2.75, 3.05) is 7.11 Å². The van der Waals surface area contributed by atoms with Crippen molar-refractivity contribution in [2.24, 2.45) is 0 Å². The number of aryl methyl sites for hydroxylation is 2. The van der Waals surface area contributed by atoms with Crippen LogP contribution in [0.1, 0.15) is 21.7 Å². The maximum Gasteiger partial charge on any atom is 0.379 e. The summed E-state index contributed by atoms with van der Waals surface area (Å²) in [5.41, 5.74) is 2.40. The molecule has 4 nitrogen and oxygen atoms in total. The number of esters is 1. The smallest absolute Gasteiger partial charge is 0.379 e. The zero-order valence-corrected chi connectivity index (χ0v) is 12.7. The van der Waals surface area contributed by atoms with Crippen LogP contribution in [-0.4, -0.2) is 13.1 Å². The third-order valence-corrected chi connectivity index (χ3v) is 3.53. The molecule has 0 atom stereocenters. The zero-order chi connectivity index (χ0) is 15.7. The average molecular weight is 296 g/mol. The van der Waals surface area contributed by atoms with Crippen molar-refractivity contribution in [3.05, 3.63) is 59.4 Å². The molecule has 0 N–H and O–H groups in total. The summed E-state index contributed by atoms with van der Waals surface area (Å²) in [5.74, 6) is 0.931. The number of hydrogen-bond donors (Lipinski definition) is 0. The summed E-state index contributed by atoms with van der Waals surface area (Å²) in [6, 6.07) is 12.7. The molecule has 22 heavy (non-hydrogen) atoms. The molecule has 1 heterocycles. The van der Waals surface area contributed by atoms with Gasteiger partial charge < -0.3 is 13.9 Å². The van der Waals surface area contributed by atoms with E-state index in [9.17, 15) is 4.79 Å². The Morgan fingerprint density at radius 2 is 1.86 bits per heavy atom. The molecule has 0 aliphatic carbocycles. The van der Waals surface area contributed by atoms with Crippen molar-refractivity contribution >= 4 is 16.9 Å². The van der Waals surface area contributed by atoms with Gasteiger partial charge in [-0.2, -0.15) is 0 Å². The van der Waals surface area contributed by atoms with Crippen molar-refractivity contribution in [1.29, 1.82) is 0 Å². The molecular formula is C18H16O4. The maximum atomic E-state index is 12.3. The van der Waals surface area contributed by atoms with Crippen molar-refractivity contribution in [1.82, 2.24) is 0 Å². The number of carbonyl (C=O) groups excluding carboxylic acids is 1. The van der Waals surface area contributed by atoms with Crippen molar-refractivity contribution < 1.29 is 18.7 Å². The first-order valence-electron chi connectivity index (χ1n) is 6.94. The lowest BCUT2D eigenvalue weighted by molar-refractivity contribution is 0.0703. The Morgan fingerprint density at radius 1 is 1.05 bits per heavy atom. The lowest BCUT2D eigenvalue weighted by Crippen LogP contribution is -2.08.